The third-order valence-electron chi connectivity index (χ3n) is 3.33. The number of hydrogen-bond acceptors (Lipinski definition) is 3. The Labute approximate surface area is 133 Å². The molecule has 1 N–H and O–H groups in total. The molecule has 122 valence electrons. The molecule has 0 aliphatic carbocycles. The Morgan fingerprint density at radius 3 is 2.65 bits per heavy atom. The van der Waals surface area contributed by atoms with Crippen molar-refractivity contribution in [3.8, 4) is 0 Å². The van der Waals surface area contributed by atoms with Crippen LogP contribution in [0.5, 0.6) is 0 Å². The molecule has 0 aliphatic rings. The van der Waals surface area contributed by atoms with Gasteiger partial charge in [0.1, 0.15) is 17.6 Å². The molecule has 1 heterocycles. The van der Waals surface area contributed by atoms with E-state index in [1.165, 1.54) is 16.7 Å². The number of amides is 1. The summed E-state index contributed by atoms with van der Waals surface area (Å²) < 4.78 is 19.6. The highest BCUT2D eigenvalue weighted by Crippen LogP contribution is 2.06. The number of aromatic nitrogens is 1. The molecule has 1 atom stereocenters. The lowest BCUT2D eigenvalue weighted by Crippen LogP contribution is -2.32. The van der Waals surface area contributed by atoms with Crippen molar-refractivity contribution in [2.75, 3.05) is 11.9 Å². The maximum atomic E-state index is 12.9. The molecule has 0 fully saturated rings. The highest BCUT2D eigenvalue weighted by atomic mass is 19.1. The molecule has 0 saturated carbocycles. The van der Waals surface area contributed by atoms with Gasteiger partial charge in [0.2, 0.25) is 0 Å². The number of benzene rings is 1. The Balaban J connectivity index is 2.16. The minimum atomic E-state index is -0.634. The molecule has 0 bridgehead atoms. The molecule has 23 heavy (non-hydrogen) atoms. The predicted octanol–water partition coefficient (Wildman–Crippen LogP) is 2.40. The number of rotatable bonds is 6. The van der Waals surface area contributed by atoms with Crippen LogP contribution in [0, 0.1) is 5.82 Å². The van der Waals surface area contributed by atoms with Crippen molar-refractivity contribution in [1.29, 1.82) is 0 Å². The molecule has 0 unspecified atom stereocenters. The van der Waals surface area contributed by atoms with Gasteiger partial charge in [-0.2, -0.15) is 0 Å². The van der Waals surface area contributed by atoms with Gasteiger partial charge in [-0.3, -0.25) is 9.59 Å². The van der Waals surface area contributed by atoms with Crippen molar-refractivity contribution in [1.82, 2.24) is 4.57 Å². The summed E-state index contributed by atoms with van der Waals surface area (Å²) in [5, 5.41) is 2.57. The highest BCUT2D eigenvalue weighted by molar-refractivity contribution is 5.93. The van der Waals surface area contributed by atoms with E-state index in [-0.39, 0.29) is 23.0 Å². The van der Waals surface area contributed by atoms with Crippen molar-refractivity contribution in [2.45, 2.75) is 26.5 Å². The van der Waals surface area contributed by atoms with E-state index in [0.29, 0.717) is 13.2 Å². The summed E-state index contributed by atoms with van der Waals surface area (Å²) in [6, 6.07) is 9.13. The van der Waals surface area contributed by atoms with Gasteiger partial charge >= 0.3 is 0 Å². The number of anilines is 1. The van der Waals surface area contributed by atoms with E-state index in [1.807, 2.05) is 0 Å². The van der Waals surface area contributed by atoms with Gasteiger partial charge in [0.05, 0.1) is 6.54 Å². The molecule has 2 rings (SSSR count). The third kappa shape index (κ3) is 4.50. The monoisotopic (exact) mass is 318 g/mol. The molecule has 5 nitrogen and oxygen atoms in total. The number of halogens is 1. The van der Waals surface area contributed by atoms with Crippen molar-refractivity contribution in [2.24, 2.45) is 0 Å². The fraction of sp³-hybridized carbons (Fsp3) is 0.294. The minimum absolute atomic E-state index is 0.186. The van der Waals surface area contributed by atoms with Crippen LogP contribution >= 0.6 is 0 Å². The van der Waals surface area contributed by atoms with Crippen molar-refractivity contribution < 1.29 is 13.9 Å². The van der Waals surface area contributed by atoms with Crippen molar-refractivity contribution >= 4 is 11.6 Å². The second kappa shape index (κ2) is 7.69. The highest BCUT2D eigenvalue weighted by Gasteiger charge is 2.14. The van der Waals surface area contributed by atoms with Crippen LogP contribution in [0.1, 0.15) is 19.4 Å². The van der Waals surface area contributed by atoms with Crippen LogP contribution < -0.4 is 10.9 Å². The molecule has 2 aromatic rings. The van der Waals surface area contributed by atoms with Crippen LogP contribution in [0.3, 0.4) is 0 Å². The lowest BCUT2D eigenvalue weighted by molar-refractivity contribution is -0.126. The zero-order chi connectivity index (χ0) is 16.8. The smallest absolute Gasteiger partial charge is 0.274 e. The maximum absolute atomic E-state index is 12.9. The van der Waals surface area contributed by atoms with Gasteiger partial charge < -0.3 is 14.6 Å². The molecule has 0 aliphatic heterocycles. The van der Waals surface area contributed by atoms with Crippen molar-refractivity contribution in [3.63, 3.8) is 0 Å². The second-order valence-corrected chi connectivity index (χ2v) is 5.07. The fourth-order valence-electron chi connectivity index (χ4n) is 2.10. The Morgan fingerprint density at radius 2 is 2.00 bits per heavy atom. The molecule has 0 saturated heterocycles. The lowest BCUT2D eigenvalue weighted by Gasteiger charge is -2.13. The fourth-order valence-corrected chi connectivity index (χ4v) is 2.10. The molecule has 6 heteroatoms. The third-order valence-corrected chi connectivity index (χ3v) is 3.33. The predicted molar refractivity (Wildman–Crippen MR) is 85.9 cm³/mol. The van der Waals surface area contributed by atoms with Crippen LogP contribution in [0.15, 0.2) is 47.4 Å². The average Bonchev–Trinajstić information content (AvgIpc) is 2.53. The summed E-state index contributed by atoms with van der Waals surface area (Å²) in [7, 11) is 0. The number of hydrogen-bond donors (Lipinski definition) is 1. The summed E-state index contributed by atoms with van der Waals surface area (Å²) in [5.74, 6) is -0.699. The Morgan fingerprint density at radius 1 is 1.30 bits per heavy atom. The quantitative estimate of drug-likeness (QED) is 0.890. The van der Waals surface area contributed by atoms with E-state index < -0.39 is 6.10 Å². The van der Waals surface area contributed by atoms with Gasteiger partial charge in [-0.25, -0.2) is 4.39 Å². The Kier molecular flexibility index (Phi) is 5.65. The first-order chi connectivity index (χ1) is 11.0. The zero-order valence-corrected chi connectivity index (χ0v) is 13.1. The normalized spacial score (nSPS) is 12.0. The first-order valence-electron chi connectivity index (χ1n) is 7.37. The molecule has 0 spiro atoms. The van der Waals surface area contributed by atoms with Crippen LogP contribution in [-0.2, 0) is 16.1 Å². The summed E-state index contributed by atoms with van der Waals surface area (Å²) in [6.07, 6.45) is 0.984. The number of carbonyl (C=O) groups excluding carboxylic acids is 1. The number of carbonyl (C=O) groups is 1. The van der Waals surface area contributed by atoms with Gasteiger partial charge in [-0.1, -0.05) is 12.1 Å². The molecule has 0 radical (unpaired) electrons. The average molecular weight is 318 g/mol. The van der Waals surface area contributed by atoms with Crippen LogP contribution in [0.25, 0.3) is 0 Å². The van der Waals surface area contributed by atoms with Crippen LogP contribution in [0.2, 0.25) is 0 Å². The SMILES string of the molecule is CCO[C@H](C)C(=O)Nc1cccn(Cc2ccc(F)cc2)c1=O. The molecular formula is C17H19FN2O3. The van der Waals surface area contributed by atoms with Gasteiger partial charge in [0.15, 0.2) is 0 Å². The lowest BCUT2D eigenvalue weighted by atomic mass is 10.2. The topological polar surface area (TPSA) is 60.3 Å². The maximum Gasteiger partial charge on any atom is 0.274 e. The second-order valence-electron chi connectivity index (χ2n) is 5.07. The number of ether oxygens (including phenoxy) is 1. The minimum Gasteiger partial charge on any atom is -0.369 e. The standard InChI is InChI=1S/C17H19FN2O3/c1-3-23-12(2)16(21)19-15-5-4-10-20(17(15)22)11-13-6-8-14(18)9-7-13/h4-10,12H,3,11H2,1-2H3,(H,19,21)/t12-/m1/s1. The van der Waals surface area contributed by atoms with Gasteiger partial charge in [-0.05, 0) is 43.7 Å². The first kappa shape index (κ1) is 16.9. The van der Waals surface area contributed by atoms with Gasteiger partial charge in [-0.15, -0.1) is 0 Å². The molecule has 1 aromatic carbocycles. The molecule has 1 amide bonds. The summed E-state index contributed by atoms with van der Waals surface area (Å²) in [5.41, 5.74) is 0.652. The number of nitrogens with zero attached hydrogens (tertiary/aromatic N) is 1. The van der Waals surface area contributed by atoms with E-state index in [0.717, 1.165) is 5.56 Å². The van der Waals surface area contributed by atoms with Crippen LogP contribution in [-0.4, -0.2) is 23.2 Å². The van der Waals surface area contributed by atoms with E-state index in [9.17, 15) is 14.0 Å². The molecule has 1 aromatic heterocycles. The van der Waals surface area contributed by atoms with Crippen LogP contribution in [0.4, 0.5) is 10.1 Å². The van der Waals surface area contributed by atoms with Gasteiger partial charge in [0.25, 0.3) is 11.5 Å². The molecular weight excluding hydrogens is 299 g/mol. The number of pyridine rings is 1. The number of nitrogens with one attached hydrogen (secondary N) is 1. The first-order valence-corrected chi connectivity index (χ1v) is 7.37. The van der Waals surface area contributed by atoms with Gasteiger partial charge in [0, 0.05) is 12.8 Å². The van der Waals surface area contributed by atoms with E-state index in [2.05, 4.69) is 5.32 Å². The Bertz CT molecular complexity index is 725. The van der Waals surface area contributed by atoms with Crippen molar-refractivity contribution in [3.05, 3.63) is 64.3 Å². The Hall–Kier alpha value is -2.47. The summed E-state index contributed by atoms with van der Waals surface area (Å²) >= 11 is 0. The zero-order valence-electron chi connectivity index (χ0n) is 13.1. The van der Waals surface area contributed by atoms with E-state index >= 15 is 0 Å². The summed E-state index contributed by atoms with van der Waals surface area (Å²) in [4.78, 5) is 24.3. The largest absolute Gasteiger partial charge is 0.369 e. The van der Waals surface area contributed by atoms with E-state index in [1.54, 1.807) is 44.3 Å². The van der Waals surface area contributed by atoms with E-state index in [4.69, 9.17) is 4.74 Å². The summed E-state index contributed by atoms with van der Waals surface area (Å²) in [6.45, 7) is 4.13.